The van der Waals surface area contributed by atoms with Gasteiger partial charge >= 0.3 is 0 Å². The third-order valence-electron chi connectivity index (χ3n) is 6.36. The van der Waals surface area contributed by atoms with Crippen LogP contribution in [0.25, 0.3) is 0 Å². The Morgan fingerprint density at radius 3 is 2.06 bits per heavy atom. The molecule has 1 saturated heterocycles. The number of nitrogens with zero attached hydrogens (tertiary/aromatic N) is 1. The molecule has 1 heterocycles. The number of hydrogen-bond donors (Lipinski definition) is 2. The molecule has 2 atom stereocenters. The minimum Gasteiger partial charge on any atom is -0.352 e. The Labute approximate surface area is 194 Å². The second-order valence-electron chi connectivity index (χ2n) is 8.99. The van der Waals surface area contributed by atoms with Gasteiger partial charge in [0.15, 0.2) is 0 Å². The molecule has 3 rings (SSSR count). The first kappa shape index (κ1) is 24.4. The highest BCUT2D eigenvalue weighted by Crippen LogP contribution is 2.23. The summed E-state index contributed by atoms with van der Waals surface area (Å²) in [6.45, 7) is 6.93. The van der Waals surface area contributed by atoms with Crippen LogP contribution in [0.1, 0.15) is 54.3 Å². The zero-order chi connectivity index (χ0) is 24.0. The van der Waals surface area contributed by atoms with Crippen LogP contribution in [-0.4, -0.2) is 47.8 Å². The van der Waals surface area contributed by atoms with E-state index in [0.29, 0.717) is 37.1 Å². The first-order valence-electron chi connectivity index (χ1n) is 11.5. The van der Waals surface area contributed by atoms with E-state index >= 15 is 0 Å². The number of carbonyl (C=O) groups is 3. The molecule has 0 unspecified atom stereocenters. The summed E-state index contributed by atoms with van der Waals surface area (Å²) in [5, 5.41) is 5.96. The maximum Gasteiger partial charge on any atom is 0.253 e. The number of carbonyl (C=O) groups excluding carboxylic acids is 3. The number of likely N-dealkylation sites (tertiary alicyclic amines) is 1. The molecule has 0 radical (unpaired) electrons. The molecule has 0 aromatic heterocycles. The second-order valence-corrected chi connectivity index (χ2v) is 8.99. The van der Waals surface area contributed by atoms with E-state index in [1.54, 1.807) is 29.2 Å². The van der Waals surface area contributed by atoms with Gasteiger partial charge in [0.25, 0.3) is 11.8 Å². The summed E-state index contributed by atoms with van der Waals surface area (Å²) in [7, 11) is 0. The fourth-order valence-electron chi connectivity index (χ4n) is 3.90. The molecule has 1 fully saturated rings. The van der Waals surface area contributed by atoms with Crippen LogP contribution in [0.3, 0.4) is 0 Å². The smallest absolute Gasteiger partial charge is 0.253 e. The molecular formula is C26H32FN3O3. The lowest BCUT2D eigenvalue weighted by Crippen LogP contribution is -2.55. The van der Waals surface area contributed by atoms with Crippen molar-refractivity contribution >= 4 is 17.7 Å². The van der Waals surface area contributed by atoms with E-state index in [0.717, 1.165) is 0 Å². The molecule has 3 amide bonds. The first-order valence-corrected chi connectivity index (χ1v) is 11.5. The van der Waals surface area contributed by atoms with Crippen LogP contribution in [0.4, 0.5) is 4.39 Å². The minimum atomic E-state index is -0.693. The average molecular weight is 454 g/mol. The molecule has 0 bridgehead atoms. The Bertz CT molecular complexity index is 955. The number of hydrogen-bond acceptors (Lipinski definition) is 3. The topological polar surface area (TPSA) is 78.5 Å². The van der Waals surface area contributed by atoms with Gasteiger partial charge in [-0.2, -0.15) is 0 Å². The van der Waals surface area contributed by atoms with E-state index < -0.39 is 6.04 Å². The van der Waals surface area contributed by atoms with E-state index in [1.807, 2.05) is 26.8 Å². The Hall–Kier alpha value is -3.22. The number of amides is 3. The van der Waals surface area contributed by atoms with E-state index in [-0.39, 0.29) is 41.4 Å². The summed E-state index contributed by atoms with van der Waals surface area (Å²) in [6, 6.07) is 13.6. The number of halogens is 1. The van der Waals surface area contributed by atoms with E-state index in [2.05, 4.69) is 10.6 Å². The van der Waals surface area contributed by atoms with Crippen molar-refractivity contribution in [3.8, 4) is 0 Å². The standard InChI is InChI=1S/C26H32FN3O3/c1-17(2)18(3)28-25(32)23(29-24(31)20-7-5-4-6-8-20)19-13-15-30(16-14-19)26(33)21-9-11-22(27)12-10-21/h4-12,17-19,23H,13-16H2,1-3H3,(H,28,32)(H,29,31)/t18-,23-/m0/s1. The van der Waals surface area contributed by atoms with Crippen molar-refractivity contribution in [2.75, 3.05) is 13.1 Å². The van der Waals surface area contributed by atoms with Crippen molar-refractivity contribution in [3.63, 3.8) is 0 Å². The van der Waals surface area contributed by atoms with Crippen molar-refractivity contribution in [3.05, 3.63) is 71.5 Å². The van der Waals surface area contributed by atoms with E-state index in [1.165, 1.54) is 24.3 Å². The third-order valence-corrected chi connectivity index (χ3v) is 6.36. The molecule has 7 heteroatoms. The molecule has 2 N–H and O–H groups in total. The Balaban J connectivity index is 1.69. The van der Waals surface area contributed by atoms with Gasteiger partial charge in [-0.05, 0) is 68.0 Å². The van der Waals surface area contributed by atoms with Crippen molar-refractivity contribution in [1.29, 1.82) is 0 Å². The quantitative estimate of drug-likeness (QED) is 0.672. The molecule has 0 saturated carbocycles. The van der Waals surface area contributed by atoms with Crippen LogP contribution in [0.5, 0.6) is 0 Å². The third kappa shape index (κ3) is 6.40. The number of benzene rings is 2. The monoisotopic (exact) mass is 453 g/mol. The Morgan fingerprint density at radius 1 is 0.879 bits per heavy atom. The van der Waals surface area contributed by atoms with Gasteiger partial charge in [0.05, 0.1) is 0 Å². The summed E-state index contributed by atoms with van der Waals surface area (Å²) in [4.78, 5) is 40.4. The lowest BCUT2D eigenvalue weighted by molar-refractivity contribution is -0.125. The maximum atomic E-state index is 13.2. The van der Waals surface area contributed by atoms with Gasteiger partial charge in [-0.15, -0.1) is 0 Å². The SMILES string of the molecule is CC(C)[C@H](C)NC(=O)[C@@H](NC(=O)c1ccccc1)C1CCN(C(=O)c2ccc(F)cc2)CC1. The van der Waals surface area contributed by atoms with Crippen molar-refractivity contribution in [1.82, 2.24) is 15.5 Å². The van der Waals surface area contributed by atoms with Gasteiger partial charge in [0.1, 0.15) is 11.9 Å². The first-order chi connectivity index (χ1) is 15.8. The van der Waals surface area contributed by atoms with E-state index in [4.69, 9.17) is 0 Å². The summed E-state index contributed by atoms with van der Waals surface area (Å²) in [5.41, 5.74) is 0.934. The molecule has 6 nitrogen and oxygen atoms in total. The lowest BCUT2D eigenvalue weighted by Gasteiger charge is -2.36. The molecule has 1 aliphatic heterocycles. The number of nitrogens with one attached hydrogen (secondary N) is 2. The summed E-state index contributed by atoms with van der Waals surface area (Å²) >= 11 is 0. The van der Waals surface area contributed by atoms with Crippen LogP contribution in [-0.2, 0) is 4.79 Å². The molecule has 2 aromatic rings. The van der Waals surface area contributed by atoms with Crippen molar-refractivity contribution < 1.29 is 18.8 Å². The highest BCUT2D eigenvalue weighted by Gasteiger charge is 2.34. The van der Waals surface area contributed by atoms with E-state index in [9.17, 15) is 18.8 Å². The van der Waals surface area contributed by atoms with Gasteiger partial charge in [0.2, 0.25) is 5.91 Å². The maximum absolute atomic E-state index is 13.2. The van der Waals surface area contributed by atoms with Crippen molar-refractivity contribution in [2.24, 2.45) is 11.8 Å². The van der Waals surface area contributed by atoms with Crippen LogP contribution < -0.4 is 10.6 Å². The van der Waals surface area contributed by atoms with Gasteiger partial charge < -0.3 is 15.5 Å². The van der Waals surface area contributed by atoms with Crippen LogP contribution >= 0.6 is 0 Å². The molecule has 2 aromatic carbocycles. The largest absolute Gasteiger partial charge is 0.352 e. The zero-order valence-corrected chi connectivity index (χ0v) is 19.4. The predicted octanol–water partition coefficient (Wildman–Crippen LogP) is 3.64. The predicted molar refractivity (Wildman–Crippen MR) is 125 cm³/mol. The Morgan fingerprint density at radius 2 is 1.48 bits per heavy atom. The summed E-state index contributed by atoms with van der Waals surface area (Å²) in [5.74, 6) is -0.884. The molecule has 33 heavy (non-hydrogen) atoms. The fraction of sp³-hybridized carbons (Fsp3) is 0.423. The highest BCUT2D eigenvalue weighted by atomic mass is 19.1. The molecular weight excluding hydrogens is 421 g/mol. The van der Waals surface area contributed by atoms with Gasteiger partial charge in [-0.1, -0.05) is 32.0 Å². The highest BCUT2D eigenvalue weighted by molar-refractivity contribution is 5.97. The van der Waals surface area contributed by atoms with Crippen LogP contribution in [0.2, 0.25) is 0 Å². The summed E-state index contributed by atoms with van der Waals surface area (Å²) < 4.78 is 13.2. The molecule has 176 valence electrons. The zero-order valence-electron chi connectivity index (χ0n) is 19.4. The van der Waals surface area contributed by atoms with Crippen LogP contribution in [0.15, 0.2) is 54.6 Å². The number of piperidine rings is 1. The molecule has 0 spiro atoms. The fourth-order valence-corrected chi connectivity index (χ4v) is 3.90. The summed E-state index contributed by atoms with van der Waals surface area (Å²) in [6.07, 6.45) is 1.16. The van der Waals surface area contributed by atoms with Gasteiger partial charge in [-0.3, -0.25) is 14.4 Å². The molecule has 1 aliphatic rings. The van der Waals surface area contributed by atoms with Crippen LogP contribution in [0, 0.1) is 17.7 Å². The minimum absolute atomic E-state index is 0.0335. The van der Waals surface area contributed by atoms with Crippen molar-refractivity contribution in [2.45, 2.75) is 45.7 Å². The number of rotatable bonds is 7. The molecule has 0 aliphatic carbocycles. The Kier molecular flexibility index (Phi) is 8.20. The average Bonchev–Trinajstić information content (AvgIpc) is 2.83. The normalized spacial score (nSPS) is 16.2. The second kappa shape index (κ2) is 11.1. The van der Waals surface area contributed by atoms with Gasteiger partial charge in [0, 0.05) is 30.3 Å². The van der Waals surface area contributed by atoms with Gasteiger partial charge in [-0.25, -0.2) is 4.39 Å². The lowest BCUT2D eigenvalue weighted by atomic mass is 9.87.